The summed E-state index contributed by atoms with van der Waals surface area (Å²) < 4.78 is 26.1. The Kier molecular flexibility index (Phi) is 6.89. The highest BCUT2D eigenvalue weighted by Crippen LogP contribution is 2.28. The molecule has 2 aromatic rings. The first-order valence-corrected chi connectivity index (χ1v) is 11.0. The molecule has 0 radical (unpaired) electrons. The van der Waals surface area contributed by atoms with E-state index in [1.54, 1.807) is 25.1 Å². The Morgan fingerprint density at radius 3 is 2.26 bits per heavy atom. The number of hydrogen-bond donors (Lipinski definition) is 1. The van der Waals surface area contributed by atoms with Gasteiger partial charge in [-0.05, 0) is 55.2 Å². The zero-order chi connectivity index (χ0) is 20.2. The molecule has 0 saturated heterocycles. The van der Waals surface area contributed by atoms with Crippen LogP contribution in [0.3, 0.4) is 0 Å². The maximum absolute atomic E-state index is 12.9. The minimum Gasteiger partial charge on any atom is -0.324 e. The first-order valence-electron chi connectivity index (χ1n) is 8.82. The lowest BCUT2D eigenvalue weighted by Gasteiger charge is -2.30. The Bertz CT molecular complexity index is 911. The van der Waals surface area contributed by atoms with Gasteiger partial charge in [-0.15, -0.1) is 0 Å². The molecule has 1 amide bonds. The molecular formula is C20H25ClN2O3S. The van der Waals surface area contributed by atoms with Crippen LogP contribution in [0.4, 0.5) is 11.4 Å². The Morgan fingerprint density at radius 1 is 1.15 bits per heavy atom. The van der Waals surface area contributed by atoms with Crippen molar-refractivity contribution in [3.63, 3.8) is 0 Å². The maximum atomic E-state index is 12.9. The van der Waals surface area contributed by atoms with Gasteiger partial charge in [0.15, 0.2) is 0 Å². The van der Waals surface area contributed by atoms with E-state index in [0.717, 1.165) is 28.1 Å². The quantitative estimate of drug-likeness (QED) is 0.738. The highest BCUT2D eigenvalue weighted by molar-refractivity contribution is 7.92. The van der Waals surface area contributed by atoms with Crippen molar-refractivity contribution in [3.05, 3.63) is 58.6 Å². The van der Waals surface area contributed by atoms with E-state index in [-0.39, 0.29) is 5.91 Å². The molecule has 0 aliphatic heterocycles. The number of benzene rings is 2. The number of carbonyl (C=O) groups excluding carboxylic acids is 1. The number of sulfonamides is 1. The summed E-state index contributed by atoms with van der Waals surface area (Å²) in [5.41, 5.74) is 3.00. The maximum Gasteiger partial charge on any atom is 0.248 e. The summed E-state index contributed by atoms with van der Waals surface area (Å²) in [6, 6.07) is 11.6. The van der Waals surface area contributed by atoms with Gasteiger partial charge in [-0.25, -0.2) is 8.42 Å². The van der Waals surface area contributed by atoms with Crippen LogP contribution < -0.4 is 9.62 Å². The molecule has 0 spiro atoms. The van der Waals surface area contributed by atoms with Crippen molar-refractivity contribution in [1.82, 2.24) is 0 Å². The van der Waals surface area contributed by atoms with Crippen molar-refractivity contribution < 1.29 is 13.2 Å². The highest BCUT2D eigenvalue weighted by Gasteiger charge is 2.31. The molecule has 2 rings (SSSR count). The van der Waals surface area contributed by atoms with Crippen LogP contribution in [0.1, 0.15) is 31.4 Å². The molecule has 2 aromatic carbocycles. The van der Waals surface area contributed by atoms with E-state index in [1.165, 1.54) is 0 Å². The largest absolute Gasteiger partial charge is 0.324 e. The molecule has 0 aromatic heterocycles. The fraction of sp³-hybridized carbons (Fsp3) is 0.350. The van der Waals surface area contributed by atoms with Gasteiger partial charge in [-0.3, -0.25) is 9.10 Å². The summed E-state index contributed by atoms with van der Waals surface area (Å²) >= 11 is 6.17. The Balaban J connectivity index is 2.36. The monoisotopic (exact) mass is 408 g/mol. The van der Waals surface area contributed by atoms with Crippen LogP contribution in [-0.4, -0.2) is 26.6 Å². The van der Waals surface area contributed by atoms with Crippen LogP contribution in [0.25, 0.3) is 0 Å². The summed E-state index contributed by atoms with van der Waals surface area (Å²) in [7, 11) is -3.69. The normalized spacial score (nSPS) is 12.5. The fourth-order valence-electron chi connectivity index (χ4n) is 2.83. The molecule has 1 N–H and O–H groups in total. The molecule has 0 saturated carbocycles. The molecule has 27 heavy (non-hydrogen) atoms. The lowest BCUT2D eigenvalue weighted by atomic mass is 10.1. The number of halogens is 1. The number of amides is 1. The summed E-state index contributed by atoms with van der Waals surface area (Å²) in [4.78, 5) is 12.9. The molecule has 0 bridgehead atoms. The number of carbonyl (C=O) groups is 1. The van der Waals surface area contributed by atoms with Crippen molar-refractivity contribution in [1.29, 1.82) is 0 Å². The Hall–Kier alpha value is -2.05. The summed E-state index contributed by atoms with van der Waals surface area (Å²) in [5.74, 6) is -0.385. The minimum atomic E-state index is -3.69. The number of rotatable bonds is 7. The second-order valence-electron chi connectivity index (χ2n) is 6.46. The second-order valence-corrected chi connectivity index (χ2v) is 8.72. The van der Waals surface area contributed by atoms with E-state index in [2.05, 4.69) is 12.2 Å². The second kappa shape index (κ2) is 8.76. The molecule has 0 aliphatic carbocycles. The van der Waals surface area contributed by atoms with Gasteiger partial charge in [0.1, 0.15) is 6.04 Å². The van der Waals surface area contributed by atoms with Crippen molar-refractivity contribution in [3.8, 4) is 0 Å². The predicted octanol–water partition coefficient (Wildman–Crippen LogP) is 4.39. The zero-order valence-electron chi connectivity index (χ0n) is 16.0. The Labute approximate surface area is 166 Å². The molecule has 146 valence electrons. The van der Waals surface area contributed by atoms with Gasteiger partial charge in [0.2, 0.25) is 15.9 Å². The SMILES string of the molecule is CCc1ccc(NC(=O)[C@@H](CC)N(c2ccc(C)c(Cl)c2)S(C)(=O)=O)cc1. The van der Waals surface area contributed by atoms with E-state index < -0.39 is 16.1 Å². The summed E-state index contributed by atoms with van der Waals surface area (Å²) in [6.45, 7) is 5.66. The smallest absolute Gasteiger partial charge is 0.248 e. The van der Waals surface area contributed by atoms with Crippen molar-refractivity contribution >= 4 is 38.9 Å². The van der Waals surface area contributed by atoms with E-state index in [9.17, 15) is 13.2 Å². The molecule has 0 unspecified atom stereocenters. The van der Waals surface area contributed by atoms with E-state index >= 15 is 0 Å². The predicted molar refractivity (Wildman–Crippen MR) is 112 cm³/mol. The number of hydrogen-bond acceptors (Lipinski definition) is 3. The van der Waals surface area contributed by atoms with Crippen molar-refractivity contribution in [2.24, 2.45) is 0 Å². The standard InChI is InChI=1S/C20H25ClN2O3S/c1-5-15-8-10-16(11-9-15)22-20(24)19(6-2)23(27(4,25)26)17-12-7-14(3)18(21)13-17/h7-13,19H,5-6H2,1-4H3,(H,22,24)/t19-/m1/s1. The first kappa shape index (κ1) is 21.3. The third kappa shape index (κ3) is 5.23. The summed E-state index contributed by atoms with van der Waals surface area (Å²) in [6.07, 6.45) is 2.31. The molecular weight excluding hydrogens is 384 g/mol. The number of aryl methyl sites for hydroxylation is 2. The van der Waals surface area contributed by atoms with Crippen molar-refractivity contribution in [2.45, 2.75) is 39.7 Å². The molecule has 0 heterocycles. The summed E-state index contributed by atoms with van der Waals surface area (Å²) in [5, 5.41) is 3.27. The zero-order valence-corrected chi connectivity index (χ0v) is 17.6. The van der Waals surface area contributed by atoms with Gasteiger partial charge in [0.25, 0.3) is 0 Å². The van der Waals surface area contributed by atoms with Gasteiger partial charge in [0, 0.05) is 10.7 Å². The van der Waals surface area contributed by atoms with Gasteiger partial charge >= 0.3 is 0 Å². The van der Waals surface area contributed by atoms with Gasteiger partial charge in [-0.2, -0.15) is 0 Å². The van der Waals surface area contributed by atoms with E-state index in [1.807, 2.05) is 31.2 Å². The van der Waals surface area contributed by atoms with Crippen LogP contribution in [0.5, 0.6) is 0 Å². The Morgan fingerprint density at radius 2 is 1.78 bits per heavy atom. The number of anilines is 2. The van der Waals surface area contributed by atoms with E-state index in [0.29, 0.717) is 22.8 Å². The van der Waals surface area contributed by atoms with Gasteiger partial charge in [-0.1, -0.05) is 43.6 Å². The number of nitrogens with one attached hydrogen (secondary N) is 1. The van der Waals surface area contributed by atoms with Crippen molar-refractivity contribution in [2.75, 3.05) is 15.9 Å². The average Bonchev–Trinajstić information content (AvgIpc) is 2.61. The molecule has 7 heteroatoms. The number of nitrogens with zero attached hydrogens (tertiary/aromatic N) is 1. The van der Waals surface area contributed by atoms with Crippen LogP contribution in [0.15, 0.2) is 42.5 Å². The lowest BCUT2D eigenvalue weighted by molar-refractivity contribution is -0.117. The topological polar surface area (TPSA) is 66.5 Å². The third-order valence-electron chi connectivity index (χ3n) is 4.37. The fourth-order valence-corrected chi connectivity index (χ4v) is 4.21. The van der Waals surface area contributed by atoms with Crippen LogP contribution in [-0.2, 0) is 21.2 Å². The molecule has 5 nitrogen and oxygen atoms in total. The third-order valence-corrected chi connectivity index (χ3v) is 5.96. The lowest BCUT2D eigenvalue weighted by Crippen LogP contribution is -2.47. The van der Waals surface area contributed by atoms with Crippen LogP contribution in [0.2, 0.25) is 5.02 Å². The van der Waals surface area contributed by atoms with E-state index in [4.69, 9.17) is 11.6 Å². The average molecular weight is 409 g/mol. The highest BCUT2D eigenvalue weighted by atomic mass is 35.5. The molecule has 0 aliphatic rings. The van der Waals surface area contributed by atoms with Gasteiger partial charge < -0.3 is 5.32 Å². The van der Waals surface area contributed by atoms with Crippen LogP contribution in [0, 0.1) is 6.92 Å². The minimum absolute atomic E-state index is 0.317. The molecule has 1 atom stereocenters. The van der Waals surface area contributed by atoms with Crippen LogP contribution >= 0.6 is 11.6 Å². The first-order chi connectivity index (χ1) is 12.7. The molecule has 0 fully saturated rings. The van der Waals surface area contributed by atoms with Gasteiger partial charge in [0.05, 0.1) is 11.9 Å².